The van der Waals surface area contributed by atoms with Gasteiger partial charge in [-0.3, -0.25) is 0 Å². The molecule has 0 aliphatic heterocycles. The molecule has 0 radical (unpaired) electrons. The van der Waals surface area contributed by atoms with Crippen molar-refractivity contribution in [3.8, 4) is 0 Å². The van der Waals surface area contributed by atoms with E-state index >= 15 is 0 Å². The van der Waals surface area contributed by atoms with Crippen molar-refractivity contribution in [2.45, 2.75) is 26.3 Å². The van der Waals surface area contributed by atoms with Gasteiger partial charge in [0.1, 0.15) is 0 Å². The van der Waals surface area contributed by atoms with E-state index in [0.717, 1.165) is 24.0 Å². The molecule has 1 N–H and O–H groups in total. The molecule has 18 heavy (non-hydrogen) atoms. The molecule has 3 heteroatoms. The van der Waals surface area contributed by atoms with E-state index in [1.54, 1.807) is 0 Å². The fourth-order valence-corrected chi connectivity index (χ4v) is 2.43. The first-order chi connectivity index (χ1) is 8.63. The van der Waals surface area contributed by atoms with Gasteiger partial charge in [-0.25, -0.2) is 0 Å². The topological polar surface area (TPSA) is 15.3 Å². The van der Waals surface area contributed by atoms with Gasteiger partial charge in [0.2, 0.25) is 0 Å². The smallest absolute Gasteiger partial charge is 0.0418 e. The lowest BCUT2D eigenvalue weighted by atomic mass is 10.0. The predicted octanol–water partition coefficient (Wildman–Crippen LogP) is 4.13. The van der Waals surface area contributed by atoms with E-state index in [2.05, 4.69) is 64.8 Å². The molecular weight excluding hydrogens is 288 g/mol. The average molecular weight is 311 g/mol. The summed E-state index contributed by atoms with van der Waals surface area (Å²) >= 11 is 3.55. The molecule has 0 bridgehead atoms. The third-order valence-corrected chi connectivity index (χ3v) is 3.57. The number of hydrogen-bond acceptors (Lipinski definition) is 2. The summed E-state index contributed by atoms with van der Waals surface area (Å²) < 4.78 is 1.12. The summed E-state index contributed by atoms with van der Waals surface area (Å²) in [6.07, 6.45) is 3.10. The zero-order valence-electron chi connectivity index (χ0n) is 11.5. The number of nitrogens with zero attached hydrogens (tertiary/aromatic N) is 1. The van der Waals surface area contributed by atoms with Crippen LogP contribution in [0, 0.1) is 0 Å². The van der Waals surface area contributed by atoms with Crippen LogP contribution in [0.4, 0.5) is 5.69 Å². The lowest BCUT2D eigenvalue weighted by molar-refractivity contribution is 0.647. The summed E-state index contributed by atoms with van der Waals surface area (Å²) in [6, 6.07) is 6.82. The van der Waals surface area contributed by atoms with Crippen LogP contribution in [0.1, 0.15) is 31.9 Å². The van der Waals surface area contributed by atoms with Crippen LogP contribution >= 0.6 is 15.9 Å². The van der Waals surface area contributed by atoms with E-state index < -0.39 is 0 Å². The van der Waals surface area contributed by atoms with E-state index in [4.69, 9.17) is 0 Å². The van der Waals surface area contributed by atoms with Gasteiger partial charge in [-0.05, 0) is 44.2 Å². The van der Waals surface area contributed by atoms with Gasteiger partial charge in [-0.2, -0.15) is 0 Å². The van der Waals surface area contributed by atoms with Crippen LogP contribution in [-0.4, -0.2) is 20.1 Å². The van der Waals surface area contributed by atoms with Crippen LogP contribution in [0.3, 0.4) is 0 Å². The fraction of sp³-hybridized carbons (Fsp3) is 0.467. The van der Waals surface area contributed by atoms with Crippen LogP contribution in [0.2, 0.25) is 0 Å². The van der Waals surface area contributed by atoms with Crippen LogP contribution in [0.15, 0.2) is 35.3 Å². The second kappa shape index (κ2) is 7.59. The van der Waals surface area contributed by atoms with Crippen molar-refractivity contribution in [2.24, 2.45) is 0 Å². The third-order valence-electron chi connectivity index (χ3n) is 3.07. The molecule has 0 saturated heterocycles. The lowest BCUT2D eigenvalue weighted by Gasteiger charge is -2.27. The minimum absolute atomic E-state index is 0.335. The van der Waals surface area contributed by atoms with Crippen molar-refractivity contribution in [3.05, 3.63) is 40.9 Å². The Bertz CT molecular complexity index is 390. The first-order valence-corrected chi connectivity index (χ1v) is 7.25. The summed E-state index contributed by atoms with van der Waals surface area (Å²) in [4.78, 5) is 2.38. The Morgan fingerprint density at radius 2 is 2.22 bits per heavy atom. The van der Waals surface area contributed by atoms with Crippen molar-refractivity contribution in [1.29, 1.82) is 0 Å². The molecule has 1 aromatic rings. The van der Waals surface area contributed by atoms with Crippen LogP contribution in [-0.2, 0) is 0 Å². The summed E-state index contributed by atoms with van der Waals surface area (Å²) in [6.45, 7) is 10.2. The van der Waals surface area contributed by atoms with E-state index in [0.29, 0.717) is 6.04 Å². The van der Waals surface area contributed by atoms with Gasteiger partial charge in [0.15, 0.2) is 0 Å². The monoisotopic (exact) mass is 310 g/mol. The normalized spacial score (nSPS) is 12.2. The first kappa shape index (κ1) is 15.3. The molecule has 0 aliphatic carbocycles. The van der Waals surface area contributed by atoms with Crippen LogP contribution < -0.4 is 10.2 Å². The highest BCUT2D eigenvalue weighted by atomic mass is 79.9. The molecule has 0 aliphatic rings. The van der Waals surface area contributed by atoms with E-state index in [1.807, 2.05) is 13.1 Å². The van der Waals surface area contributed by atoms with Crippen molar-refractivity contribution >= 4 is 21.6 Å². The maximum absolute atomic E-state index is 3.85. The van der Waals surface area contributed by atoms with Gasteiger partial charge < -0.3 is 10.2 Å². The maximum atomic E-state index is 3.85. The van der Waals surface area contributed by atoms with Gasteiger partial charge >= 0.3 is 0 Å². The molecule has 100 valence electrons. The molecule has 0 spiro atoms. The Morgan fingerprint density at radius 1 is 1.50 bits per heavy atom. The summed E-state index contributed by atoms with van der Waals surface area (Å²) in [5, 5.41) is 3.31. The predicted molar refractivity (Wildman–Crippen MR) is 84.3 cm³/mol. The van der Waals surface area contributed by atoms with Crippen molar-refractivity contribution in [2.75, 3.05) is 25.0 Å². The zero-order valence-corrected chi connectivity index (χ0v) is 13.1. The molecule has 1 aromatic carbocycles. The summed E-state index contributed by atoms with van der Waals surface area (Å²) in [5.41, 5.74) is 2.61. The third kappa shape index (κ3) is 3.85. The SMILES string of the molecule is C=CCN(CCC)c1ccc(Br)cc1C(C)NC. The molecular formula is C15H23BrN2. The van der Waals surface area contributed by atoms with Crippen molar-refractivity contribution < 1.29 is 0 Å². The minimum Gasteiger partial charge on any atom is -0.368 e. The Kier molecular flexibility index (Phi) is 6.44. The molecule has 1 atom stereocenters. The second-order valence-corrected chi connectivity index (χ2v) is 5.36. The van der Waals surface area contributed by atoms with E-state index in [9.17, 15) is 0 Å². The summed E-state index contributed by atoms with van der Waals surface area (Å²) in [7, 11) is 1.99. The quantitative estimate of drug-likeness (QED) is 0.762. The second-order valence-electron chi connectivity index (χ2n) is 4.45. The average Bonchev–Trinajstić information content (AvgIpc) is 2.37. The number of anilines is 1. The Balaban J connectivity index is 3.14. The molecule has 0 saturated carbocycles. The molecule has 0 heterocycles. The highest BCUT2D eigenvalue weighted by molar-refractivity contribution is 9.10. The van der Waals surface area contributed by atoms with Gasteiger partial charge in [-0.15, -0.1) is 6.58 Å². The van der Waals surface area contributed by atoms with Gasteiger partial charge in [0.05, 0.1) is 0 Å². The Hall–Kier alpha value is -0.800. The number of rotatable bonds is 7. The van der Waals surface area contributed by atoms with E-state index in [-0.39, 0.29) is 0 Å². The molecule has 0 amide bonds. The Morgan fingerprint density at radius 3 is 2.78 bits per heavy atom. The molecule has 0 fully saturated rings. The minimum atomic E-state index is 0.335. The van der Waals surface area contributed by atoms with Gasteiger partial charge in [0, 0.05) is 29.3 Å². The summed E-state index contributed by atoms with van der Waals surface area (Å²) in [5.74, 6) is 0. The highest BCUT2D eigenvalue weighted by Crippen LogP contribution is 2.29. The molecule has 1 unspecified atom stereocenters. The number of nitrogens with one attached hydrogen (secondary N) is 1. The van der Waals surface area contributed by atoms with Gasteiger partial charge in [0.25, 0.3) is 0 Å². The van der Waals surface area contributed by atoms with Crippen LogP contribution in [0.5, 0.6) is 0 Å². The maximum Gasteiger partial charge on any atom is 0.0418 e. The van der Waals surface area contributed by atoms with Crippen LogP contribution in [0.25, 0.3) is 0 Å². The lowest BCUT2D eigenvalue weighted by Crippen LogP contribution is -2.27. The van der Waals surface area contributed by atoms with E-state index in [1.165, 1.54) is 11.3 Å². The highest BCUT2D eigenvalue weighted by Gasteiger charge is 2.14. The zero-order chi connectivity index (χ0) is 13.5. The largest absolute Gasteiger partial charge is 0.368 e. The first-order valence-electron chi connectivity index (χ1n) is 6.46. The van der Waals surface area contributed by atoms with Gasteiger partial charge in [-0.1, -0.05) is 28.9 Å². The number of benzene rings is 1. The Labute approximate surface area is 119 Å². The standard InChI is InChI=1S/C15H23BrN2/c1-5-9-18(10-6-2)15-8-7-13(16)11-14(15)12(3)17-4/h5,7-8,11-12,17H,1,6,9-10H2,2-4H3. The van der Waals surface area contributed by atoms with Crippen molar-refractivity contribution in [3.63, 3.8) is 0 Å². The fourth-order valence-electron chi connectivity index (χ4n) is 2.05. The molecule has 0 aromatic heterocycles. The number of halogens is 1. The molecule has 1 rings (SSSR count). The molecule has 2 nitrogen and oxygen atoms in total. The van der Waals surface area contributed by atoms with Crippen molar-refractivity contribution in [1.82, 2.24) is 5.32 Å². The number of hydrogen-bond donors (Lipinski definition) is 1.